The van der Waals surface area contributed by atoms with Gasteiger partial charge in [0.25, 0.3) is 0 Å². The quantitative estimate of drug-likeness (QED) is 0.470. The smallest absolute Gasteiger partial charge is 0.245 e. The monoisotopic (exact) mass is 460 g/mol. The molecule has 0 unspecified atom stereocenters. The zero-order valence-electron chi connectivity index (χ0n) is 20.1. The summed E-state index contributed by atoms with van der Waals surface area (Å²) in [4.78, 5) is 27.7. The molecule has 0 aliphatic heterocycles. The van der Waals surface area contributed by atoms with Crippen LogP contribution in [-0.2, 0) is 9.59 Å². The number of anilines is 1. The third-order valence-corrected chi connectivity index (χ3v) is 6.05. The number of carbonyl (C=O) groups excluding carboxylic acids is 2. The van der Waals surface area contributed by atoms with E-state index in [1.807, 2.05) is 61.5 Å². The molecule has 34 heavy (non-hydrogen) atoms. The molecule has 1 aliphatic carbocycles. The number of carbonyl (C=O) groups is 2. The van der Waals surface area contributed by atoms with E-state index < -0.39 is 0 Å². The summed E-state index contributed by atoms with van der Waals surface area (Å²) in [7, 11) is 1.62. The lowest BCUT2D eigenvalue weighted by Gasteiger charge is -2.22. The molecule has 0 atom stereocenters. The van der Waals surface area contributed by atoms with Crippen molar-refractivity contribution in [3.8, 4) is 22.6 Å². The van der Waals surface area contributed by atoms with Gasteiger partial charge in [0.2, 0.25) is 11.8 Å². The minimum atomic E-state index is -0.225. The van der Waals surface area contributed by atoms with Crippen molar-refractivity contribution < 1.29 is 14.3 Å². The van der Waals surface area contributed by atoms with E-state index in [4.69, 9.17) is 9.84 Å². The predicted octanol–water partition coefficient (Wildman–Crippen LogP) is 4.83. The molecule has 0 spiro atoms. The first-order chi connectivity index (χ1) is 16.5. The molecule has 7 nitrogen and oxygen atoms in total. The molecule has 2 amide bonds. The van der Waals surface area contributed by atoms with Crippen LogP contribution in [0.4, 0.5) is 5.82 Å². The van der Waals surface area contributed by atoms with Gasteiger partial charge in [-0.3, -0.25) is 9.59 Å². The fraction of sp³-hybridized carbons (Fsp3) is 0.370. The van der Waals surface area contributed by atoms with Gasteiger partial charge in [0, 0.05) is 18.0 Å². The van der Waals surface area contributed by atoms with Gasteiger partial charge < -0.3 is 15.0 Å². The van der Waals surface area contributed by atoms with E-state index in [-0.39, 0.29) is 24.3 Å². The number of methoxy groups -OCH3 is 1. The molecule has 1 saturated carbocycles. The average Bonchev–Trinajstić information content (AvgIpc) is 3.66. The lowest BCUT2D eigenvalue weighted by atomic mass is 10.1. The molecule has 2 aromatic carbocycles. The summed E-state index contributed by atoms with van der Waals surface area (Å²) < 4.78 is 7.03. The second-order valence-corrected chi connectivity index (χ2v) is 8.72. The van der Waals surface area contributed by atoms with Gasteiger partial charge in [-0.2, -0.15) is 5.10 Å². The predicted molar refractivity (Wildman–Crippen MR) is 133 cm³/mol. The highest BCUT2D eigenvalue weighted by molar-refractivity contribution is 5.98. The van der Waals surface area contributed by atoms with Gasteiger partial charge in [0.05, 0.1) is 25.0 Å². The summed E-state index contributed by atoms with van der Waals surface area (Å²) in [5, 5.41) is 7.83. The Hall–Kier alpha value is -3.61. The molecule has 1 aromatic heterocycles. The summed E-state index contributed by atoms with van der Waals surface area (Å²) in [6.07, 6.45) is 3.69. The number of nitrogens with zero attached hydrogens (tertiary/aromatic N) is 3. The standard InChI is InChI=1S/C27H32N4O3/c1-4-5-17-30(27(33)21-11-12-21)18-24(32)28-26-25(20-9-7-6-8-10-20)19(2)29-31(26)22-13-15-23(34-3)16-14-22/h6-10,13-16,21H,4-5,11-12,17-18H2,1-3H3,(H,28,32). The lowest BCUT2D eigenvalue weighted by molar-refractivity contribution is -0.135. The van der Waals surface area contributed by atoms with Gasteiger partial charge in [0.1, 0.15) is 11.6 Å². The second-order valence-electron chi connectivity index (χ2n) is 8.72. The van der Waals surface area contributed by atoms with Crippen molar-refractivity contribution in [1.29, 1.82) is 0 Å². The number of aromatic nitrogens is 2. The number of amides is 2. The third-order valence-electron chi connectivity index (χ3n) is 6.05. The topological polar surface area (TPSA) is 76.5 Å². The highest BCUT2D eigenvalue weighted by atomic mass is 16.5. The number of ether oxygens (including phenoxy) is 1. The number of hydrogen-bond donors (Lipinski definition) is 1. The fourth-order valence-electron chi connectivity index (χ4n) is 4.05. The zero-order valence-corrected chi connectivity index (χ0v) is 20.1. The van der Waals surface area contributed by atoms with Crippen LogP contribution in [0.5, 0.6) is 5.75 Å². The summed E-state index contributed by atoms with van der Waals surface area (Å²) in [5.74, 6) is 1.28. The Morgan fingerprint density at radius 3 is 2.44 bits per heavy atom. The number of unbranched alkanes of at least 4 members (excludes halogenated alkanes) is 1. The summed E-state index contributed by atoms with van der Waals surface area (Å²) in [5.41, 5.74) is 3.43. The van der Waals surface area contributed by atoms with E-state index in [0.717, 1.165) is 53.9 Å². The molecular weight excluding hydrogens is 428 g/mol. The van der Waals surface area contributed by atoms with Crippen LogP contribution in [0.2, 0.25) is 0 Å². The molecule has 0 radical (unpaired) electrons. The molecule has 0 bridgehead atoms. The van der Waals surface area contributed by atoms with Crippen LogP contribution in [0.25, 0.3) is 16.8 Å². The minimum absolute atomic E-state index is 0.0381. The van der Waals surface area contributed by atoms with Crippen LogP contribution in [0, 0.1) is 12.8 Å². The fourth-order valence-corrected chi connectivity index (χ4v) is 4.05. The molecule has 7 heteroatoms. The molecule has 1 aliphatic rings. The summed E-state index contributed by atoms with van der Waals surface area (Å²) in [6, 6.07) is 17.4. The Labute approximate surface area is 200 Å². The van der Waals surface area contributed by atoms with Crippen LogP contribution >= 0.6 is 0 Å². The number of rotatable bonds is 10. The summed E-state index contributed by atoms with van der Waals surface area (Å²) in [6.45, 7) is 4.66. The Morgan fingerprint density at radius 2 is 1.82 bits per heavy atom. The first-order valence-corrected chi connectivity index (χ1v) is 11.9. The van der Waals surface area contributed by atoms with Gasteiger partial charge in [-0.05, 0) is 56.0 Å². The van der Waals surface area contributed by atoms with Gasteiger partial charge in [-0.15, -0.1) is 0 Å². The van der Waals surface area contributed by atoms with Crippen molar-refractivity contribution in [3.63, 3.8) is 0 Å². The third kappa shape index (κ3) is 5.30. The number of nitrogens with one attached hydrogen (secondary N) is 1. The van der Waals surface area contributed by atoms with Crippen molar-refractivity contribution in [2.75, 3.05) is 25.5 Å². The number of benzene rings is 2. The highest BCUT2D eigenvalue weighted by Gasteiger charge is 2.34. The normalized spacial score (nSPS) is 12.9. The maximum Gasteiger partial charge on any atom is 0.245 e. The van der Waals surface area contributed by atoms with Gasteiger partial charge in [-0.1, -0.05) is 43.7 Å². The second kappa shape index (κ2) is 10.5. The van der Waals surface area contributed by atoms with E-state index in [2.05, 4.69) is 12.2 Å². The Bertz CT molecular complexity index is 1130. The van der Waals surface area contributed by atoms with E-state index in [0.29, 0.717) is 12.4 Å². The van der Waals surface area contributed by atoms with Crippen LogP contribution in [0.3, 0.4) is 0 Å². The molecule has 178 valence electrons. The van der Waals surface area contributed by atoms with Gasteiger partial charge in [0.15, 0.2) is 0 Å². The van der Waals surface area contributed by atoms with Gasteiger partial charge >= 0.3 is 0 Å². The van der Waals surface area contributed by atoms with Crippen LogP contribution in [0.15, 0.2) is 54.6 Å². The zero-order chi connectivity index (χ0) is 24.1. The minimum Gasteiger partial charge on any atom is -0.497 e. The van der Waals surface area contributed by atoms with E-state index in [1.54, 1.807) is 16.7 Å². The van der Waals surface area contributed by atoms with E-state index >= 15 is 0 Å². The first kappa shape index (κ1) is 23.5. The van der Waals surface area contributed by atoms with Crippen LogP contribution in [-0.4, -0.2) is 46.7 Å². The summed E-state index contributed by atoms with van der Waals surface area (Å²) >= 11 is 0. The molecule has 0 saturated heterocycles. The average molecular weight is 461 g/mol. The number of hydrogen-bond acceptors (Lipinski definition) is 4. The SMILES string of the molecule is CCCCN(CC(=O)Nc1c(-c2ccccc2)c(C)nn1-c1ccc(OC)cc1)C(=O)C1CC1. The molecule has 3 aromatic rings. The largest absolute Gasteiger partial charge is 0.497 e. The van der Waals surface area contributed by atoms with Crippen molar-refractivity contribution in [3.05, 3.63) is 60.3 Å². The van der Waals surface area contributed by atoms with E-state index in [1.165, 1.54) is 0 Å². The maximum absolute atomic E-state index is 13.2. The van der Waals surface area contributed by atoms with Crippen LogP contribution < -0.4 is 10.1 Å². The highest BCUT2D eigenvalue weighted by Crippen LogP contribution is 2.34. The lowest BCUT2D eigenvalue weighted by Crippen LogP contribution is -2.39. The van der Waals surface area contributed by atoms with Crippen LogP contribution in [0.1, 0.15) is 38.3 Å². The molecule has 4 rings (SSSR count). The molecular formula is C27H32N4O3. The van der Waals surface area contributed by atoms with Crippen molar-refractivity contribution >= 4 is 17.6 Å². The van der Waals surface area contributed by atoms with Crippen molar-refractivity contribution in [1.82, 2.24) is 14.7 Å². The molecule has 1 N–H and O–H groups in total. The maximum atomic E-state index is 13.2. The Balaban J connectivity index is 1.66. The van der Waals surface area contributed by atoms with Crippen molar-refractivity contribution in [2.45, 2.75) is 39.5 Å². The first-order valence-electron chi connectivity index (χ1n) is 11.9. The van der Waals surface area contributed by atoms with E-state index in [9.17, 15) is 9.59 Å². The molecule has 1 fully saturated rings. The molecule has 1 heterocycles. The Morgan fingerprint density at radius 1 is 1.12 bits per heavy atom. The number of aryl methyl sites for hydroxylation is 1. The Kier molecular flexibility index (Phi) is 7.30. The van der Waals surface area contributed by atoms with Gasteiger partial charge in [-0.25, -0.2) is 4.68 Å². The van der Waals surface area contributed by atoms with Crippen molar-refractivity contribution in [2.24, 2.45) is 5.92 Å².